The molecular formula is C33H42O11. The molecule has 240 valence electrons. The average molecular weight is 615 g/mol. The standard InChI is InChI=1S/C33H42O11/c1-15(2)28(38)43-27-26(41-17(4)34)25(31(7)11-10-21(35)30(5,6)20(31)14-23(36)40-9)16(3)33-22(44-33)13-19(32(27,33)8)18-12-24(37)42-29(18)39/h10-12,15,19-20,22,25-27,29,39H,3,13-14H2,1-2,4-9H3/t19-,20-,22+,25+,26+,27-,29-,31-,32+,33+/m0/s1. The molecule has 5 rings (SSSR count). The molecule has 44 heavy (non-hydrogen) atoms. The van der Waals surface area contributed by atoms with Crippen LogP contribution in [0.4, 0.5) is 0 Å². The number of ether oxygens (including phenoxy) is 5. The first-order valence-electron chi connectivity index (χ1n) is 15.0. The highest BCUT2D eigenvalue weighted by Gasteiger charge is 2.84. The molecule has 2 heterocycles. The Hall–Kier alpha value is -3.31. The van der Waals surface area contributed by atoms with Crippen molar-refractivity contribution in [2.75, 3.05) is 7.11 Å². The van der Waals surface area contributed by atoms with Crippen molar-refractivity contribution in [1.29, 1.82) is 0 Å². The summed E-state index contributed by atoms with van der Waals surface area (Å²) in [5, 5.41) is 10.7. The molecule has 0 radical (unpaired) electrons. The van der Waals surface area contributed by atoms with Crippen molar-refractivity contribution >= 4 is 29.7 Å². The molecule has 2 saturated carbocycles. The maximum atomic E-state index is 13.4. The molecule has 3 fully saturated rings. The highest BCUT2D eigenvalue weighted by atomic mass is 16.6. The van der Waals surface area contributed by atoms with E-state index in [0.717, 1.165) is 0 Å². The minimum absolute atomic E-state index is 0.112. The molecule has 0 bridgehead atoms. The zero-order valence-corrected chi connectivity index (χ0v) is 26.5. The average Bonchev–Trinajstić information content (AvgIpc) is 3.48. The quantitative estimate of drug-likeness (QED) is 0.195. The molecule has 2 aliphatic heterocycles. The van der Waals surface area contributed by atoms with E-state index in [1.54, 1.807) is 33.8 Å². The van der Waals surface area contributed by atoms with E-state index in [1.807, 2.05) is 13.8 Å². The number of aliphatic hydroxyl groups excluding tert-OH is 1. The SMILES string of the molecule is C=C1[C@@H]([C@@]2(C)C=CC(=O)C(C)(C)[C@@H]2CC(=O)OC)[C@@H](OC(C)=O)[C@H](OC(=O)C(C)C)[C@@]2(C)[C@H](C3=CC(=O)O[C@@H]3O)C[C@H]3O[C@]132. The van der Waals surface area contributed by atoms with Gasteiger partial charge in [-0.15, -0.1) is 0 Å². The summed E-state index contributed by atoms with van der Waals surface area (Å²) in [5.74, 6) is -5.09. The molecular weight excluding hydrogens is 572 g/mol. The normalized spacial score (nSPS) is 41.8. The van der Waals surface area contributed by atoms with Crippen molar-refractivity contribution in [2.45, 2.75) is 91.5 Å². The maximum Gasteiger partial charge on any atom is 0.333 e. The number of hydrogen-bond donors (Lipinski definition) is 1. The molecule has 1 N–H and O–H groups in total. The summed E-state index contributed by atoms with van der Waals surface area (Å²) in [6, 6.07) is 0. The lowest BCUT2D eigenvalue weighted by Crippen LogP contribution is -2.67. The first-order chi connectivity index (χ1) is 20.4. The van der Waals surface area contributed by atoms with Crippen LogP contribution in [0.2, 0.25) is 0 Å². The molecule has 1 saturated heterocycles. The fraction of sp³-hybridized carbons (Fsp3) is 0.667. The monoisotopic (exact) mass is 614 g/mol. The zero-order valence-electron chi connectivity index (χ0n) is 26.5. The Labute approximate surface area is 256 Å². The van der Waals surface area contributed by atoms with E-state index in [2.05, 4.69) is 6.58 Å². The van der Waals surface area contributed by atoms with Gasteiger partial charge >= 0.3 is 23.9 Å². The highest BCUT2D eigenvalue weighted by molar-refractivity contribution is 5.96. The molecule has 0 unspecified atom stereocenters. The molecule has 0 aromatic rings. The summed E-state index contributed by atoms with van der Waals surface area (Å²) in [6.45, 7) is 16.4. The number of epoxide rings is 1. The topological polar surface area (TPSA) is 155 Å². The fourth-order valence-electron chi connectivity index (χ4n) is 8.84. The van der Waals surface area contributed by atoms with Gasteiger partial charge < -0.3 is 28.8 Å². The van der Waals surface area contributed by atoms with Crippen LogP contribution in [0.5, 0.6) is 0 Å². The van der Waals surface area contributed by atoms with E-state index in [9.17, 15) is 29.1 Å². The van der Waals surface area contributed by atoms with E-state index in [1.165, 1.54) is 26.2 Å². The number of rotatable bonds is 7. The lowest BCUT2D eigenvalue weighted by atomic mass is 9.46. The number of esters is 4. The van der Waals surface area contributed by atoms with Crippen molar-refractivity contribution in [2.24, 2.45) is 39.9 Å². The van der Waals surface area contributed by atoms with Crippen molar-refractivity contribution in [3.63, 3.8) is 0 Å². The number of ketones is 1. The Morgan fingerprint density at radius 2 is 1.80 bits per heavy atom. The van der Waals surface area contributed by atoms with Crippen LogP contribution in [0.25, 0.3) is 0 Å². The van der Waals surface area contributed by atoms with Gasteiger partial charge in [0.05, 0.1) is 31.0 Å². The predicted molar refractivity (Wildman–Crippen MR) is 153 cm³/mol. The minimum atomic E-state index is -1.49. The largest absolute Gasteiger partial charge is 0.469 e. The van der Waals surface area contributed by atoms with Gasteiger partial charge in [-0.05, 0) is 24.0 Å². The summed E-state index contributed by atoms with van der Waals surface area (Å²) < 4.78 is 29.0. The Bertz CT molecular complexity index is 1390. The zero-order chi connectivity index (χ0) is 32.7. The second kappa shape index (κ2) is 10.4. The van der Waals surface area contributed by atoms with Crippen LogP contribution < -0.4 is 0 Å². The Kier molecular flexibility index (Phi) is 7.56. The number of carbonyl (C=O) groups is 5. The molecule has 3 aliphatic carbocycles. The number of allylic oxidation sites excluding steroid dienone is 2. The van der Waals surface area contributed by atoms with Gasteiger partial charge in [-0.3, -0.25) is 19.2 Å². The van der Waals surface area contributed by atoms with Gasteiger partial charge in [-0.25, -0.2) is 4.79 Å². The number of cyclic esters (lactones) is 1. The van der Waals surface area contributed by atoms with Crippen LogP contribution in [0.3, 0.4) is 0 Å². The summed E-state index contributed by atoms with van der Waals surface area (Å²) in [6.07, 6.45) is 0.528. The van der Waals surface area contributed by atoms with Crippen molar-refractivity contribution in [3.05, 3.63) is 36.0 Å². The predicted octanol–water partition coefficient (Wildman–Crippen LogP) is 2.99. The highest BCUT2D eigenvalue weighted by Crippen LogP contribution is 2.76. The Morgan fingerprint density at radius 1 is 1.14 bits per heavy atom. The summed E-state index contributed by atoms with van der Waals surface area (Å²) >= 11 is 0. The molecule has 0 aromatic carbocycles. The molecule has 0 amide bonds. The minimum Gasteiger partial charge on any atom is -0.469 e. The Balaban J connectivity index is 1.74. The number of carbonyl (C=O) groups excluding carboxylic acids is 5. The molecule has 11 heteroatoms. The van der Waals surface area contributed by atoms with Crippen molar-refractivity contribution in [1.82, 2.24) is 0 Å². The van der Waals surface area contributed by atoms with Gasteiger partial charge in [-0.2, -0.15) is 0 Å². The van der Waals surface area contributed by atoms with Crippen LogP contribution in [0.15, 0.2) is 36.0 Å². The van der Waals surface area contributed by atoms with E-state index in [-0.39, 0.29) is 12.2 Å². The first kappa shape index (κ1) is 32.1. The molecule has 10 atom stereocenters. The van der Waals surface area contributed by atoms with E-state index in [0.29, 0.717) is 17.6 Å². The molecule has 1 spiro atoms. The van der Waals surface area contributed by atoms with Gasteiger partial charge in [0.2, 0.25) is 6.29 Å². The first-order valence-corrected chi connectivity index (χ1v) is 15.0. The molecule has 0 aromatic heterocycles. The van der Waals surface area contributed by atoms with Crippen LogP contribution in [-0.2, 0) is 47.7 Å². The third kappa shape index (κ3) is 4.33. The molecule has 5 aliphatic rings. The second-order valence-corrected chi connectivity index (χ2v) is 14.1. The van der Waals surface area contributed by atoms with Gasteiger partial charge in [0.1, 0.15) is 17.8 Å². The summed E-state index contributed by atoms with van der Waals surface area (Å²) in [4.78, 5) is 64.5. The third-order valence-electron chi connectivity index (χ3n) is 11.1. The third-order valence-corrected chi connectivity index (χ3v) is 11.1. The van der Waals surface area contributed by atoms with E-state index in [4.69, 9.17) is 23.7 Å². The van der Waals surface area contributed by atoms with Gasteiger partial charge in [0.15, 0.2) is 5.78 Å². The lowest BCUT2D eigenvalue weighted by Gasteiger charge is -2.59. The van der Waals surface area contributed by atoms with Gasteiger partial charge in [0, 0.05) is 41.2 Å². The summed E-state index contributed by atoms with van der Waals surface area (Å²) in [5.41, 5.74) is -3.45. The smallest absolute Gasteiger partial charge is 0.333 e. The summed E-state index contributed by atoms with van der Waals surface area (Å²) in [7, 11) is 1.28. The van der Waals surface area contributed by atoms with Crippen molar-refractivity contribution < 1.29 is 52.8 Å². The van der Waals surface area contributed by atoms with Crippen molar-refractivity contribution in [3.8, 4) is 0 Å². The fourth-order valence-corrected chi connectivity index (χ4v) is 8.84. The van der Waals surface area contributed by atoms with Crippen LogP contribution in [-0.4, -0.2) is 72.1 Å². The number of hydrogen-bond acceptors (Lipinski definition) is 11. The molecule has 11 nitrogen and oxygen atoms in total. The van der Waals surface area contributed by atoms with Crippen LogP contribution in [0, 0.1) is 39.9 Å². The van der Waals surface area contributed by atoms with Gasteiger partial charge in [-0.1, -0.05) is 54.2 Å². The van der Waals surface area contributed by atoms with Crippen LogP contribution in [0.1, 0.15) is 61.3 Å². The number of aliphatic hydroxyl groups is 1. The number of methoxy groups -OCH3 is 1. The second-order valence-electron chi connectivity index (χ2n) is 14.1. The Morgan fingerprint density at radius 3 is 2.34 bits per heavy atom. The van der Waals surface area contributed by atoms with E-state index >= 15 is 0 Å². The maximum absolute atomic E-state index is 13.4. The van der Waals surface area contributed by atoms with Crippen LogP contribution >= 0.6 is 0 Å². The van der Waals surface area contributed by atoms with Gasteiger partial charge in [0.25, 0.3) is 0 Å². The van der Waals surface area contributed by atoms with E-state index < -0.39 is 94.0 Å². The lowest BCUT2D eigenvalue weighted by molar-refractivity contribution is -0.213.